The van der Waals surface area contributed by atoms with Crippen molar-refractivity contribution in [3.8, 4) is 0 Å². The first-order valence-corrected chi connectivity index (χ1v) is 7.54. The van der Waals surface area contributed by atoms with Crippen LogP contribution in [0.3, 0.4) is 0 Å². The standard InChI is InChI=1S/C18H17N3O2/c1-12-16(22)18(21(19-12)13-8-4-3-5-9-13)15-11-7-6-10-14(15)17(23)20(18)2/h3-11,16,22H,1-2H3/t16-,18-/m0/s1. The molecule has 0 fully saturated rings. The highest BCUT2D eigenvalue weighted by molar-refractivity contribution is 6.04. The predicted octanol–water partition coefficient (Wildman–Crippen LogP) is 2.18. The molecule has 2 aromatic carbocycles. The minimum Gasteiger partial charge on any atom is -0.382 e. The monoisotopic (exact) mass is 307 g/mol. The molecule has 0 saturated carbocycles. The van der Waals surface area contributed by atoms with E-state index in [1.807, 2.05) is 48.5 Å². The Morgan fingerprint density at radius 3 is 2.48 bits per heavy atom. The lowest BCUT2D eigenvalue weighted by atomic mass is 9.91. The van der Waals surface area contributed by atoms with E-state index < -0.39 is 11.8 Å². The number of para-hydroxylation sites is 1. The summed E-state index contributed by atoms with van der Waals surface area (Å²) in [6, 6.07) is 17.0. The van der Waals surface area contributed by atoms with E-state index in [4.69, 9.17) is 0 Å². The van der Waals surface area contributed by atoms with Crippen LogP contribution in [0.5, 0.6) is 0 Å². The first-order chi connectivity index (χ1) is 11.1. The van der Waals surface area contributed by atoms with Gasteiger partial charge in [0.25, 0.3) is 5.91 Å². The first-order valence-electron chi connectivity index (χ1n) is 7.54. The molecule has 0 aromatic heterocycles. The lowest BCUT2D eigenvalue weighted by Gasteiger charge is -2.42. The van der Waals surface area contributed by atoms with Gasteiger partial charge in [0.05, 0.1) is 11.4 Å². The van der Waals surface area contributed by atoms with Crippen molar-refractivity contribution in [1.29, 1.82) is 0 Å². The summed E-state index contributed by atoms with van der Waals surface area (Å²) < 4.78 is 0. The van der Waals surface area contributed by atoms with Crippen LogP contribution in [0.2, 0.25) is 0 Å². The lowest BCUT2D eigenvalue weighted by molar-refractivity contribution is 0.0295. The third-order valence-electron chi connectivity index (χ3n) is 4.73. The molecule has 0 unspecified atom stereocenters. The average molecular weight is 307 g/mol. The van der Waals surface area contributed by atoms with Gasteiger partial charge in [0.1, 0.15) is 6.10 Å². The smallest absolute Gasteiger partial charge is 0.256 e. The van der Waals surface area contributed by atoms with Crippen LogP contribution in [0.25, 0.3) is 0 Å². The van der Waals surface area contributed by atoms with Crippen LogP contribution in [0.15, 0.2) is 59.7 Å². The van der Waals surface area contributed by atoms with Crippen molar-refractivity contribution in [3.63, 3.8) is 0 Å². The molecule has 1 N–H and O–H groups in total. The summed E-state index contributed by atoms with van der Waals surface area (Å²) in [6.45, 7) is 1.79. The molecule has 2 aliphatic heterocycles. The fourth-order valence-electron chi connectivity index (χ4n) is 3.61. The summed E-state index contributed by atoms with van der Waals surface area (Å²) >= 11 is 0. The number of hydrogen-bond acceptors (Lipinski definition) is 4. The topological polar surface area (TPSA) is 56.1 Å². The van der Waals surface area contributed by atoms with Gasteiger partial charge in [0.15, 0.2) is 5.66 Å². The van der Waals surface area contributed by atoms with Gasteiger partial charge in [0.2, 0.25) is 0 Å². The molecule has 2 aliphatic rings. The summed E-state index contributed by atoms with van der Waals surface area (Å²) in [6.07, 6.45) is -0.889. The third-order valence-corrected chi connectivity index (χ3v) is 4.73. The fraction of sp³-hybridized carbons (Fsp3) is 0.222. The molecule has 1 amide bonds. The fourth-order valence-corrected chi connectivity index (χ4v) is 3.61. The molecule has 116 valence electrons. The van der Waals surface area contributed by atoms with Gasteiger partial charge in [-0.2, -0.15) is 5.10 Å². The Morgan fingerprint density at radius 2 is 1.74 bits per heavy atom. The Bertz CT molecular complexity index is 818. The number of aliphatic hydroxyl groups is 1. The van der Waals surface area contributed by atoms with Crippen LogP contribution < -0.4 is 5.01 Å². The molecular weight excluding hydrogens is 290 g/mol. The van der Waals surface area contributed by atoms with Crippen molar-refractivity contribution in [2.24, 2.45) is 5.10 Å². The van der Waals surface area contributed by atoms with Gasteiger partial charge in [-0.15, -0.1) is 0 Å². The highest BCUT2D eigenvalue weighted by Crippen LogP contribution is 2.48. The van der Waals surface area contributed by atoms with Crippen molar-refractivity contribution >= 4 is 17.3 Å². The predicted molar refractivity (Wildman–Crippen MR) is 88.3 cm³/mol. The molecule has 2 atom stereocenters. The van der Waals surface area contributed by atoms with E-state index >= 15 is 0 Å². The molecule has 5 heteroatoms. The molecular formula is C18H17N3O2. The number of amides is 1. The SMILES string of the molecule is CC1=NN(c2ccccc2)[C@@]2(c3ccccc3C(=O)N2C)[C@H]1O. The number of benzene rings is 2. The van der Waals surface area contributed by atoms with Crippen molar-refractivity contribution in [1.82, 2.24) is 4.90 Å². The van der Waals surface area contributed by atoms with E-state index in [2.05, 4.69) is 5.10 Å². The number of carbonyl (C=O) groups excluding carboxylic acids is 1. The Morgan fingerprint density at radius 1 is 1.09 bits per heavy atom. The Labute approximate surface area is 134 Å². The maximum absolute atomic E-state index is 12.7. The summed E-state index contributed by atoms with van der Waals surface area (Å²) in [7, 11) is 1.72. The molecule has 0 bridgehead atoms. The van der Waals surface area contributed by atoms with E-state index in [1.165, 1.54) is 0 Å². The zero-order chi connectivity index (χ0) is 16.2. The van der Waals surface area contributed by atoms with Gasteiger partial charge in [-0.25, -0.2) is 5.01 Å². The van der Waals surface area contributed by atoms with Crippen LogP contribution in [0.1, 0.15) is 22.8 Å². The van der Waals surface area contributed by atoms with E-state index in [9.17, 15) is 9.90 Å². The number of fused-ring (bicyclic) bond motifs is 2. The zero-order valence-electron chi connectivity index (χ0n) is 13.0. The van der Waals surface area contributed by atoms with Crippen LogP contribution in [-0.4, -0.2) is 34.8 Å². The molecule has 2 heterocycles. The number of rotatable bonds is 1. The first kappa shape index (κ1) is 14.0. The van der Waals surface area contributed by atoms with Crippen LogP contribution >= 0.6 is 0 Å². The number of nitrogens with zero attached hydrogens (tertiary/aromatic N) is 3. The third kappa shape index (κ3) is 1.60. The van der Waals surface area contributed by atoms with Crippen LogP contribution in [-0.2, 0) is 5.66 Å². The highest BCUT2D eigenvalue weighted by Gasteiger charge is 2.60. The summed E-state index contributed by atoms with van der Waals surface area (Å²) in [5, 5.41) is 17.3. The molecule has 5 nitrogen and oxygen atoms in total. The molecule has 1 spiro atoms. The second-order valence-corrected chi connectivity index (χ2v) is 5.93. The van der Waals surface area contributed by atoms with Gasteiger partial charge in [-0.1, -0.05) is 36.4 Å². The van der Waals surface area contributed by atoms with Gasteiger partial charge < -0.3 is 10.0 Å². The Hall–Kier alpha value is -2.66. The van der Waals surface area contributed by atoms with E-state index in [0.29, 0.717) is 11.3 Å². The van der Waals surface area contributed by atoms with Gasteiger partial charge >= 0.3 is 0 Å². The van der Waals surface area contributed by atoms with Crippen LogP contribution in [0.4, 0.5) is 5.69 Å². The molecule has 2 aromatic rings. The molecule has 23 heavy (non-hydrogen) atoms. The summed E-state index contributed by atoms with van der Waals surface area (Å²) in [5.41, 5.74) is 1.79. The van der Waals surface area contributed by atoms with Crippen molar-refractivity contribution in [2.75, 3.05) is 12.1 Å². The average Bonchev–Trinajstić information content (AvgIpc) is 2.98. The minimum atomic E-state index is -1.03. The van der Waals surface area contributed by atoms with Crippen molar-refractivity contribution in [2.45, 2.75) is 18.7 Å². The number of hydrazone groups is 1. The molecule has 0 radical (unpaired) electrons. The Balaban J connectivity index is 2.00. The lowest BCUT2D eigenvalue weighted by Crippen LogP contribution is -2.58. The van der Waals surface area contributed by atoms with Crippen LogP contribution in [0, 0.1) is 0 Å². The van der Waals surface area contributed by atoms with E-state index in [1.54, 1.807) is 29.9 Å². The number of carbonyl (C=O) groups is 1. The minimum absolute atomic E-state index is 0.106. The second kappa shape index (κ2) is 4.67. The largest absolute Gasteiger partial charge is 0.382 e. The number of anilines is 1. The second-order valence-electron chi connectivity index (χ2n) is 5.93. The normalized spacial score (nSPS) is 26.0. The maximum Gasteiger partial charge on any atom is 0.256 e. The summed E-state index contributed by atoms with van der Waals surface area (Å²) in [4.78, 5) is 14.3. The maximum atomic E-state index is 12.7. The highest BCUT2D eigenvalue weighted by atomic mass is 16.3. The van der Waals surface area contributed by atoms with Gasteiger partial charge in [0, 0.05) is 18.2 Å². The quantitative estimate of drug-likeness (QED) is 0.878. The molecule has 0 saturated heterocycles. The molecule has 4 rings (SSSR count). The zero-order valence-corrected chi connectivity index (χ0v) is 13.0. The number of likely N-dealkylation sites (N-methyl/N-ethyl adjacent to an activating group) is 1. The van der Waals surface area contributed by atoms with E-state index in [-0.39, 0.29) is 5.91 Å². The van der Waals surface area contributed by atoms with Gasteiger partial charge in [-0.3, -0.25) is 4.79 Å². The number of aliphatic hydroxyl groups excluding tert-OH is 1. The van der Waals surface area contributed by atoms with Crippen molar-refractivity contribution < 1.29 is 9.90 Å². The Kier molecular flexibility index (Phi) is 2.83. The van der Waals surface area contributed by atoms with Crippen molar-refractivity contribution in [3.05, 3.63) is 65.7 Å². The van der Waals surface area contributed by atoms with Gasteiger partial charge in [-0.05, 0) is 25.1 Å². The molecule has 0 aliphatic carbocycles. The van der Waals surface area contributed by atoms with E-state index in [0.717, 1.165) is 11.3 Å². The summed E-state index contributed by atoms with van der Waals surface area (Å²) in [5.74, 6) is -0.106. The number of hydrogen-bond donors (Lipinski definition) is 1.